The van der Waals surface area contributed by atoms with Gasteiger partial charge in [-0.3, -0.25) is 9.98 Å². The Morgan fingerprint density at radius 2 is 0.969 bits per heavy atom. The SMILES string of the molecule is CCCCCCC(=Nc1ccc(C)c(C)c1)C(CCCCC)=Nc1ccc(C)c(C)c1.[Ni]. The predicted molar refractivity (Wildman–Crippen MR) is 139 cm³/mol. The van der Waals surface area contributed by atoms with E-state index in [2.05, 4.69) is 77.9 Å². The molecule has 0 radical (unpaired) electrons. The first-order valence-electron chi connectivity index (χ1n) is 12.2. The number of rotatable bonds is 12. The van der Waals surface area contributed by atoms with Gasteiger partial charge in [0.25, 0.3) is 0 Å². The van der Waals surface area contributed by atoms with E-state index in [-0.39, 0.29) is 16.5 Å². The fourth-order valence-corrected chi connectivity index (χ4v) is 3.69. The second kappa shape index (κ2) is 15.2. The number of hydrogen-bond acceptors (Lipinski definition) is 2. The van der Waals surface area contributed by atoms with Crippen molar-refractivity contribution in [3.8, 4) is 0 Å². The number of nitrogens with zero attached hydrogens (tertiary/aromatic N) is 2. The van der Waals surface area contributed by atoms with Crippen molar-refractivity contribution in [1.82, 2.24) is 0 Å². The van der Waals surface area contributed by atoms with Crippen molar-refractivity contribution in [2.24, 2.45) is 9.98 Å². The van der Waals surface area contributed by atoms with Gasteiger partial charge in [0.05, 0.1) is 22.8 Å². The first-order chi connectivity index (χ1) is 14.9. The molecule has 32 heavy (non-hydrogen) atoms. The molecule has 2 nitrogen and oxygen atoms in total. The maximum Gasteiger partial charge on any atom is 0.0636 e. The largest absolute Gasteiger partial charge is 0.252 e. The number of hydrogen-bond donors (Lipinski definition) is 0. The summed E-state index contributed by atoms with van der Waals surface area (Å²) in [5.74, 6) is 0. The monoisotopic (exact) mass is 476 g/mol. The van der Waals surface area contributed by atoms with Crippen LogP contribution >= 0.6 is 0 Å². The van der Waals surface area contributed by atoms with Crippen LogP contribution in [0.25, 0.3) is 0 Å². The van der Waals surface area contributed by atoms with Crippen molar-refractivity contribution in [3.05, 3.63) is 58.7 Å². The van der Waals surface area contributed by atoms with Crippen molar-refractivity contribution >= 4 is 22.8 Å². The Kier molecular flexibility index (Phi) is 13.4. The van der Waals surface area contributed by atoms with Crippen LogP contribution in [0.15, 0.2) is 46.4 Å². The van der Waals surface area contributed by atoms with Gasteiger partial charge in [0, 0.05) is 16.5 Å². The van der Waals surface area contributed by atoms with Gasteiger partial charge in [0.1, 0.15) is 0 Å². The molecule has 0 aromatic heterocycles. The Morgan fingerprint density at radius 1 is 0.562 bits per heavy atom. The topological polar surface area (TPSA) is 24.7 Å². The number of aryl methyl sites for hydroxylation is 4. The minimum absolute atomic E-state index is 0. The fraction of sp³-hybridized carbons (Fsp3) is 0.517. The second-order valence-electron chi connectivity index (χ2n) is 8.92. The van der Waals surface area contributed by atoms with Gasteiger partial charge in [-0.15, -0.1) is 0 Å². The Hall–Kier alpha value is -1.73. The van der Waals surface area contributed by atoms with E-state index in [0.717, 1.165) is 24.2 Å². The molecular formula is C29H42N2Ni. The van der Waals surface area contributed by atoms with Crippen LogP contribution in [0, 0.1) is 27.7 Å². The van der Waals surface area contributed by atoms with E-state index in [1.165, 1.54) is 78.6 Å². The second-order valence-corrected chi connectivity index (χ2v) is 8.92. The number of benzene rings is 2. The standard InChI is InChI=1S/C29H42N2.Ni/c1-7-9-11-13-15-29(31-27-19-17-23(4)25(6)21-27)28(14-12-10-8-2)30-26-18-16-22(3)24(5)20-26;/h16-21H,7-15H2,1-6H3;. The van der Waals surface area contributed by atoms with Crippen LogP contribution in [-0.4, -0.2) is 11.4 Å². The van der Waals surface area contributed by atoms with Crippen LogP contribution in [0.3, 0.4) is 0 Å². The molecule has 0 spiro atoms. The summed E-state index contributed by atoms with van der Waals surface area (Å²) in [5.41, 5.74) is 9.67. The molecule has 0 unspecified atom stereocenters. The quantitative estimate of drug-likeness (QED) is 0.165. The molecule has 0 bridgehead atoms. The molecule has 0 aliphatic carbocycles. The van der Waals surface area contributed by atoms with Gasteiger partial charge in [-0.2, -0.15) is 0 Å². The zero-order valence-corrected chi connectivity index (χ0v) is 22.0. The normalized spacial score (nSPS) is 12.1. The van der Waals surface area contributed by atoms with E-state index in [9.17, 15) is 0 Å². The molecule has 0 fully saturated rings. The van der Waals surface area contributed by atoms with E-state index in [4.69, 9.17) is 9.98 Å². The zero-order valence-electron chi connectivity index (χ0n) is 21.0. The molecule has 0 heterocycles. The summed E-state index contributed by atoms with van der Waals surface area (Å²) < 4.78 is 0. The smallest absolute Gasteiger partial charge is 0.0636 e. The molecule has 2 rings (SSSR count). The molecule has 0 saturated carbocycles. The number of unbranched alkanes of at least 4 members (excludes halogenated alkanes) is 5. The molecule has 2 aromatic carbocycles. The third kappa shape index (κ3) is 9.41. The maximum absolute atomic E-state index is 5.16. The first-order valence-corrected chi connectivity index (χ1v) is 12.2. The fourth-order valence-electron chi connectivity index (χ4n) is 3.69. The predicted octanol–water partition coefficient (Wildman–Crippen LogP) is 9.31. The van der Waals surface area contributed by atoms with E-state index < -0.39 is 0 Å². The molecule has 0 atom stereocenters. The van der Waals surface area contributed by atoms with Crippen molar-refractivity contribution in [3.63, 3.8) is 0 Å². The van der Waals surface area contributed by atoms with Crippen molar-refractivity contribution in [2.75, 3.05) is 0 Å². The van der Waals surface area contributed by atoms with Gasteiger partial charge >= 0.3 is 0 Å². The van der Waals surface area contributed by atoms with Crippen LogP contribution in [0.1, 0.15) is 93.9 Å². The Bertz CT molecular complexity index is 896. The van der Waals surface area contributed by atoms with E-state index in [1.54, 1.807) is 0 Å². The van der Waals surface area contributed by atoms with E-state index in [1.807, 2.05) is 0 Å². The van der Waals surface area contributed by atoms with Crippen molar-refractivity contribution < 1.29 is 16.5 Å². The Morgan fingerprint density at radius 3 is 1.38 bits per heavy atom. The number of aliphatic imine (C=N–C) groups is 2. The van der Waals surface area contributed by atoms with Crippen molar-refractivity contribution in [1.29, 1.82) is 0 Å². The summed E-state index contributed by atoms with van der Waals surface area (Å²) in [4.78, 5) is 10.3. The van der Waals surface area contributed by atoms with Crippen LogP contribution in [-0.2, 0) is 16.5 Å². The molecule has 0 amide bonds. The van der Waals surface area contributed by atoms with Gasteiger partial charge in [0.2, 0.25) is 0 Å². The molecule has 0 N–H and O–H groups in total. The maximum atomic E-state index is 5.16. The minimum Gasteiger partial charge on any atom is -0.252 e. The molecule has 0 aliphatic heterocycles. The van der Waals surface area contributed by atoms with Gasteiger partial charge in [-0.05, 0) is 99.9 Å². The first kappa shape index (κ1) is 28.3. The van der Waals surface area contributed by atoms with E-state index >= 15 is 0 Å². The third-order valence-corrected chi connectivity index (χ3v) is 6.13. The van der Waals surface area contributed by atoms with Crippen LogP contribution in [0.2, 0.25) is 0 Å². The van der Waals surface area contributed by atoms with E-state index in [0.29, 0.717) is 0 Å². The molecule has 178 valence electrons. The van der Waals surface area contributed by atoms with Crippen LogP contribution in [0.4, 0.5) is 11.4 Å². The summed E-state index contributed by atoms with van der Waals surface area (Å²) in [6.45, 7) is 13.2. The molecular weight excluding hydrogens is 435 g/mol. The third-order valence-electron chi connectivity index (χ3n) is 6.13. The summed E-state index contributed by atoms with van der Waals surface area (Å²) in [6.07, 6.45) is 10.6. The molecule has 3 heteroatoms. The molecule has 0 saturated heterocycles. The molecule has 2 aromatic rings. The minimum atomic E-state index is 0. The summed E-state index contributed by atoms with van der Waals surface area (Å²) in [6, 6.07) is 13.1. The summed E-state index contributed by atoms with van der Waals surface area (Å²) in [5, 5.41) is 0. The summed E-state index contributed by atoms with van der Waals surface area (Å²) >= 11 is 0. The summed E-state index contributed by atoms with van der Waals surface area (Å²) in [7, 11) is 0. The van der Waals surface area contributed by atoms with Crippen molar-refractivity contribution in [2.45, 2.75) is 99.3 Å². The van der Waals surface area contributed by atoms with Gasteiger partial charge in [-0.25, -0.2) is 0 Å². The van der Waals surface area contributed by atoms with Gasteiger partial charge < -0.3 is 0 Å². The van der Waals surface area contributed by atoms with Crippen LogP contribution in [0.5, 0.6) is 0 Å². The Labute approximate surface area is 207 Å². The van der Waals surface area contributed by atoms with Gasteiger partial charge in [0.15, 0.2) is 0 Å². The molecule has 0 aliphatic rings. The average Bonchev–Trinajstić information content (AvgIpc) is 2.75. The van der Waals surface area contributed by atoms with Gasteiger partial charge in [-0.1, -0.05) is 58.1 Å². The average molecular weight is 477 g/mol. The van der Waals surface area contributed by atoms with Crippen LogP contribution < -0.4 is 0 Å². The Balaban J connectivity index is 0.00000512. The zero-order chi connectivity index (χ0) is 22.6.